The first kappa shape index (κ1) is 15.4. The molecule has 0 saturated carbocycles. The number of hydrogen-bond acceptors (Lipinski definition) is 4. The normalized spacial score (nSPS) is 23.7. The summed E-state index contributed by atoms with van der Waals surface area (Å²) in [7, 11) is 0. The lowest BCUT2D eigenvalue weighted by Gasteiger charge is -2.17. The molecule has 3 rings (SSSR count). The number of carbonyl (C=O) groups is 2. The van der Waals surface area contributed by atoms with Gasteiger partial charge in [0.15, 0.2) is 5.78 Å². The summed E-state index contributed by atoms with van der Waals surface area (Å²) in [5.41, 5.74) is 1.72. The third kappa shape index (κ3) is 3.03. The molecule has 4 nitrogen and oxygen atoms in total. The maximum absolute atomic E-state index is 12.8. The molecular formula is C19H18O4. The van der Waals surface area contributed by atoms with Crippen molar-refractivity contribution in [3.8, 4) is 0 Å². The zero-order valence-corrected chi connectivity index (χ0v) is 12.8. The first-order valence-corrected chi connectivity index (χ1v) is 7.68. The van der Waals surface area contributed by atoms with Crippen molar-refractivity contribution in [1.29, 1.82) is 0 Å². The fourth-order valence-corrected chi connectivity index (χ4v) is 2.91. The molecule has 0 spiro atoms. The number of ether oxygens (including phenoxy) is 2. The van der Waals surface area contributed by atoms with Crippen molar-refractivity contribution in [1.82, 2.24) is 0 Å². The Kier molecular flexibility index (Phi) is 4.53. The minimum atomic E-state index is -1.16. The van der Waals surface area contributed by atoms with Crippen molar-refractivity contribution >= 4 is 11.8 Å². The van der Waals surface area contributed by atoms with Crippen LogP contribution in [0.3, 0.4) is 0 Å². The Bertz CT molecular complexity index is 681. The number of Topliss-reactive ketones (excluding diaryl/α,β-unsaturated/α-hetero) is 1. The van der Waals surface area contributed by atoms with Gasteiger partial charge in [0, 0.05) is 0 Å². The van der Waals surface area contributed by atoms with E-state index >= 15 is 0 Å². The molecule has 0 bridgehead atoms. The van der Waals surface area contributed by atoms with E-state index in [2.05, 4.69) is 0 Å². The number of esters is 1. The molecule has 0 aliphatic carbocycles. The molecule has 4 heteroatoms. The molecular weight excluding hydrogens is 292 g/mol. The maximum Gasteiger partial charge on any atom is 0.343 e. The molecule has 1 fully saturated rings. The number of hydrogen-bond donors (Lipinski definition) is 0. The summed E-state index contributed by atoms with van der Waals surface area (Å²) in [4.78, 5) is 24.8. The van der Waals surface area contributed by atoms with Crippen LogP contribution in [-0.2, 0) is 19.1 Å². The predicted octanol–water partition coefficient (Wildman–Crippen LogP) is 3.04. The van der Waals surface area contributed by atoms with Crippen LogP contribution in [0.4, 0.5) is 0 Å². The van der Waals surface area contributed by atoms with Gasteiger partial charge in [-0.15, -0.1) is 0 Å². The Morgan fingerprint density at radius 3 is 2.13 bits per heavy atom. The van der Waals surface area contributed by atoms with Crippen LogP contribution in [-0.4, -0.2) is 24.5 Å². The van der Waals surface area contributed by atoms with Crippen LogP contribution in [0, 0.1) is 0 Å². The van der Waals surface area contributed by atoms with Crippen molar-refractivity contribution in [2.45, 2.75) is 25.0 Å². The molecule has 1 aliphatic rings. The Morgan fingerprint density at radius 2 is 1.57 bits per heavy atom. The van der Waals surface area contributed by atoms with Crippen LogP contribution in [0.15, 0.2) is 60.7 Å². The summed E-state index contributed by atoms with van der Waals surface area (Å²) in [5.74, 6) is -1.37. The van der Waals surface area contributed by atoms with E-state index in [1.165, 1.54) is 0 Å². The van der Waals surface area contributed by atoms with E-state index < -0.39 is 24.1 Å². The van der Waals surface area contributed by atoms with Crippen molar-refractivity contribution in [2.24, 2.45) is 0 Å². The van der Waals surface area contributed by atoms with Crippen LogP contribution in [0.5, 0.6) is 0 Å². The highest BCUT2D eigenvalue weighted by molar-refractivity contribution is 6.07. The molecule has 0 unspecified atom stereocenters. The van der Waals surface area contributed by atoms with Gasteiger partial charge in [-0.1, -0.05) is 60.7 Å². The van der Waals surface area contributed by atoms with E-state index in [1.807, 2.05) is 60.7 Å². The molecule has 23 heavy (non-hydrogen) atoms. The Hall–Kier alpha value is -2.46. The van der Waals surface area contributed by atoms with Gasteiger partial charge in [0.2, 0.25) is 6.10 Å². The van der Waals surface area contributed by atoms with Gasteiger partial charge in [0.05, 0.1) is 18.6 Å². The first-order valence-electron chi connectivity index (χ1n) is 7.68. The molecule has 0 aromatic heterocycles. The summed E-state index contributed by atoms with van der Waals surface area (Å²) in [5, 5.41) is 0. The highest BCUT2D eigenvalue weighted by atomic mass is 16.6. The fraction of sp³-hybridized carbons (Fsp3) is 0.263. The van der Waals surface area contributed by atoms with Gasteiger partial charge in [0.1, 0.15) is 0 Å². The number of benzene rings is 2. The van der Waals surface area contributed by atoms with Gasteiger partial charge in [-0.05, 0) is 18.1 Å². The summed E-state index contributed by atoms with van der Waals surface area (Å²) in [6.45, 7) is 1.93. The summed E-state index contributed by atoms with van der Waals surface area (Å²) < 4.78 is 10.8. The van der Waals surface area contributed by atoms with E-state index in [0.29, 0.717) is 0 Å². The van der Waals surface area contributed by atoms with Crippen LogP contribution in [0.1, 0.15) is 30.1 Å². The molecule has 0 N–H and O–H groups in total. The lowest BCUT2D eigenvalue weighted by molar-refractivity contribution is -0.158. The lowest BCUT2D eigenvalue weighted by atomic mass is 9.87. The predicted molar refractivity (Wildman–Crippen MR) is 84.9 cm³/mol. The minimum absolute atomic E-state index is 0.220. The molecule has 0 amide bonds. The van der Waals surface area contributed by atoms with Gasteiger partial charge >= 0.3 is 5.97 Å². The van der Waals surface area contributed by atoms with E-state index in [1.54, 1.807) is 6.92 Å². The number of rotatable bonds is 4. The van der Waals surface area contributed by atoms with Crippen LogP contribution < -0.4 is 0 Å². The van der Waals surface area contributed by atoms with E-state index in [4.69, 9.17) is 9.47 Å². The second-order valence-corrected chi connectivity index (χ2v) is 5.39. The number of ketones is 1. The van der Waals surface area contributed by atoms with Gasteiger partial charge in [-0.3, -0.25) is 4.79 Å². The molecule has 0 radical (unpaired) electrons. The van der Waals surface area contributed by atoms with Gasteiger partial charge in [-0.25, -0.2) is 4.79 Å². The molecule has 2 aromatic rings. The highest BCUT2D eigenvalue weighted by Crippen LogP contribution is 2.42. The van der Waals surface area contributed by atoms with E-state index in [9.17, 15) is 9.59 Å². The zero-order valence-electron chi connectivity index (χ0n) is 12.8. The molecule has 118 valence electrons. The van der Waals surface area contributed by atoms with Crippen molar-refractivity contribution in [3.63, 3.8) is 0 Å². The van der Waals surface area contributed by atoms with Crippen LogP contribution in [0.25, 0.3) is 0 Å². The average molecular weight is 310 g/mol. The standard InChI is InChI=1S/C19H18O4/c1-2-22-19(21)18-16(20)15(13-9-5-3-6-10-13)17(23-18)14-11-7-4-8-12-14/h3-12,15,17-18H,2H2,1H3/t15-,17+,18+/m0/s1. The molecule has 1 heterocycles. The summed E-state index contributed by atoms with van der Waals surface area (Å²) >= 11 is 0. The molecule has 1 aliphatic heterocycles. The van der Waals surface area contributed by atoms with Gasteiger partial charge in [-0.2, -0.15) is 0 Å². The van der Waals surface area contributed by atoms with Gasteiger partial charge in [0.25, 0.3) is 0 Å². The topological polar surface area (TPSA) is 52.6 Å². The fourth-order valence-electron chi connectivity index (χ4n) is 2.91. The van der Waals surface area contributed by atoms with E-state index in [-0.39, 0.29) is 12.4 Å². The van der Waals surface area contributed by atoms with Crippen LogP contribution >= 0.6 is 0 Å². The first-order chi connectivity index (χ1) is 11.2. The quantitative estimate of drug-likeness (QED) is 0.643. The van der Waals surface area contributed by atoms with Crippen molar-refractivity contribution in [2.75, 3.05) is 6.61 Å². The second kappa shape index (κ2) is 6.75. The largest absolute Gasteiger partial charge is 0.464 e. The maximum atomic E-state index is 12.8. The Morgan fingerprint density at radius 1 is 1.00 bits per heavy atom. The molecule has 2 aromatic carbocycles. The zero-order chi connectivity index (χ0) is 16.2. The SMILES string of the molecule is CCOC(=O)[C@@H]1O[C@H](c2ccccc2)[C@@H](c2ccccc2)C1=O. The molecule has 3 atom stereocenters. The minimum Gasteiger partial charge on any atom is -0.464 e. The van der Waals surface area contributed by atoms with Crippen molar-refractivity contribution < 1.29 is 19.1 Å². The Labute approximate surface area is 135 Å². The second-order valence-electron chi connectivity index (χ2n) is 5.39. The number of carbonyl (C=O) groups excluding carboxylic acids is 2. The average Bonchev–Trinajstić information content (AvgIpc) is 2.94. The summed E-state index contributed by atoms with van der Waals surface area (Å²) in [6.07, 6.45) is -1.65. The monoisotopic (exact) mass is 310 g/mol. The third-order valence-electron chi connectivity index (χ3n) is 3.94. The smallest absolute Gasteiger partial charge is 0.343 e. The highest BCUT2D eigenvalue weighted by Gasteiger charge is 2.48. The van der Waals surface area contributed by atoms with Crippen LogP contribution in [0.2, 0.25) is 0 Å². The Balaban J connectivity index is 1.98. The third-order valence-corrected chi connectivity index (χ3v) is 3.94. The lowest BCUT2D eigenvalue weighted by Crippen LogP contribution is -2.30. The van der Waals surface area contributed by atoms with Crippen molar-refractivity contribution in [3.05, 3.63) is 71.8 Å². The van der Waals surface area contributed by atoms with E-state index in [0.717, 1.165) is 11.1 Å². The van der Waals surface area contributed by atoms with Gasteiger partial charge < -0.3 is 9.47 Å². The summed E-state index contributed by atoms with van der Waals surface area (Å²) in [6, 6.07) is 18.9. The molecule has 1 saturated heterocycles.